The molecule has 0 heterocycles. The maximum Gasteiger partial charge on any atom is 0.127 e. The van der Waals surface area contributed by atoms with Gasteiger partial charge in [-0.05, 0) is 34.7 Å². The van der Waals surface area contributed by atoms with Crippen LogP contribution < -0.4 is 4.74 Å². The SMILES string of the molecule is CC(C)c1ccc(COc2cc(F)cc(CO)c2)cc1. The van der Waals surface area contributed by atoms with Gasteiger partial charge in [0.25, 0.3) is 0 Å². The first-order chi connectivity index (χ1) is 9.58. The average molecular weight is 274 g/mol. The lowest BCUT2D eigenvalue weighted by molar-refractivity contribution is 0.276. The van der Waals surface area contributed by atoms with E-state index in [-0.39, 0.29) is 6.61 Å². The Morgan fingerprint density at radius 3 is 2.35 bits per heavy atom. The fourth-order valence-electron chi connectivity index (χ4n) is 1.96. The molecular formula is C17H19FO2. The van der Waals surface area contributed by atoms with Gasteiger partial charge in [-0.3, -0.25) is 0 Å². The van der Waals surface area contributed by atoms with E-state index in [1.54, 1.807) is 6.07 Å². The summed E-state index contributed by atoms with van der Waals surface area (Å²) in [6.45, 7) is 4.48. The maximum absolute atomic E-state index is 13.3. The van der Waals surface area contributed by atoms with Gasteiger partial charge in [0.15, 0.2) is 0 Å². The van der Waals surface area contributed by atoms with Gasteiger partial charge in [0.1, 0.15) is 18.2 Å². The molecular weight excluding hydrogens is 255 g/mol. The molecule has 3 heteroatoms. The number of hydrogen-bond donors (Lipinski definition) is 1. The number of rotatable bonds is 5. The van der Waals surface area contributed by atoms with Crippen LogP contribution in [0.3, 0.4) is 0 Å². The van der Waals surface area contributed by atoms with E-state index in [2.05, 4.69) is 26.0 Å². The zero-order chi connectivity index (χ0) is 14.5. The summed E-state index contributed by atoms with van der Waals surface area (Å²) in [5, 5.41) is 9.03. The van der Waals surface area contributed by atoms with Gasteiger partial charge in [-0.25, -0.2) is 4.39 Å². The van der Waals surface area contributed by atoms with Gasteiger partial charge in [0.05, 0.1) is 6.61 Å². The Balaban J connectivity index is 2.03. The molecule has 0 saturated carbocycles. The van der Waals surface area contributed by atoms with E-state index in [4.69, 9.17) is 9.84 Å². The number of hydrogen-bond acceptors (Lipinski definition) is 2. The van der Waals surface area contributed by atoms with Crippen molar-refractivity contribution in [3.8, 4) is 5.75 Å². The highest BCUT2D eigenvalue weighted by Crippen LogP contribution is 2.19. The minimum absolute atomic E-state index is 0.197. The lowest BCUT2D eigenvalue weighted by Gasteiger charge is -2.10. The van der Waals surface area contributed by atoms with Crippen LogP contribution in [0.25, 0.3) is 0 Å². The Morgan fingerprint density at radius 1 is 1.05 bits per heavy atom. The predicted molar refractivity (Wildman–Crippen MR) is 77.2 cm³/mol. The molecule has 0 bridgehead atoms. The highest BCUT2D eigenvalue weighted by molar-refractivity contribution is 5.30. The number of benzene rings is 2. The Kier molecular flexibility index (Phi) is 4.74. The summed E-state index contributed by atoms with van der Waals surface area (Å²) in [6, 6.07) is 12.4. The third kappa shape index (κ3) is 3.81. The number of aliphatic hydroxyl groups excluding tert-OH is 1. The van der Waals surface area contributed by atoms with Crippen LogP contribution in [0.2, 0.25) is 0 Å². The van der Waals surface area contributed by atoms with Crippen LogP contribution in [0.1, 0.15) is 36.5 Å². The van der Waals surface area contributed by atoms with Crippen molar-refractivity contribution in [2.45, 2.75) is 33.0 Å². The summed E-state index contributed by atoms with van der Waals surface area (Å²) in [4.78, 5) is 0. The van der Waals surface area contributed by atoms with Crippen LogP contribution in [0, 0.1) is 5.82 Å². The van der Waals surface area contributed by atoms with Crippen LogP contribution in [-0.2, 0) is 13.2 Å². The molecule has 0 fully saturated rings. The second-order valence-electron chi connectivity index (χ2n) is 5.14. The van der Waals surface area contributed by atoms with E-state index >= 15 is 0 Å². The molecule has 0 aliphatic heterocycles. The first-order valence-corrected chi connectivity index (χ1v) is 6.70. The van der Waals surface area contributed by atoms with Crippen molar-refractivity contribution < 1.29 is 14.2 Å². The standard InChI is InChI=1S/C17H19FO2/c1-12(2)15-5-3-13(4-6-15)11-20-17-8-14(10-19)7-16(18)9-17/h3-9,12,19H,10-11H2,1-2H3. The highest BCUT2D eigenvalue weighted by Gasteiger charge is 2.03. The van der Waals surface area contributed by atoms with Crippen LogP contribution in [0.5, 0.6) is 5.75 Å². The average Bonchev–Trinajstić information content (AvgIpc) is 2.45. The van der Waals surface area contributed by atoms with Crippen molar-refractivity contribution in [2.24, 2.45) is 0 Å². The zero-order valence-corrected chi connectivity index (χ0v) is 11.8. The molecule has 2 nitrogen and oxygen atoms in total. The molecule has 0 unspecified atom stereocenters. The Labute approximate surface area is 118 Å². The third-order valence-electron chi connectivity index (χ3n) is 3.17. The van der Waals surface area contributed by atoms with Crippen LogP contribution in [-0.4, -0.2) is 5.11 Å². The molecule has 0 radical (unpaired) electrons. The summed E-state index contributed by atoms with van der Waals surface area (Å²) >= 11 is 0. The van der Waals surface area contributed by atoms with E-state index < -0.39 is 5.82 Å². The summed E-state index contributed by atoms with van der Waals surface area (Å²) in [7, 11) is 0. The topological polar surface area (TPSA) is 29.5 Å². The molecule has 2 aromatic rings. The molecule has 2 rings (SSSR count). The number of halogens is 1. The van der Waals surface area contributed by atoms with Crippen molar-refractivity contribution in [2.75, 3.05) is 0 Å². The van der Waals surface area contributed by atoms with E-state index in [0.29, 0.717) is 23.8 Å². The fourth-order valence-corrected chi connectivity index (χ4v) is 1.96. The molecule has 106 valence electrons. The lowest BCUT2D eigenvalue weighted by Crippen LogP contribution is -1.98. The minimum Gasteiger partial charge on any atom is -0.489 e. The van der Waals surface area contributed by atoms with Crippen molar-refractivity contribution in [1.29, 1.82) is 0 Å². The van der Waals surface area contributed by atoms with Gasteiger partial charge in [0.2, 0.25) is 0 Å². The molecule has 0 aliphatic rings. The van der Waals surface area contributed by atoms with Gasteiger partial charge < -0.3 is 9.84 Å². The highest BCUT2D eigenvalue weighted by atomic mass is 19.1. The van der Waals surface area contributed by atoms with Crippen molar-refractivity contribution in [3.05, 3.63) is 65.0 Å². The summed E-state index contributed by atoms with van der Waals surface area (Å²) < 4.78 is 18.9. The van der Waals surface area contributed by atoms with Gasteiger partial charge >= 0.3 is 0 Å². The second kappa shape index (κ2) is 6.53. The van der Waals surface area contributed by atoms with Gasteiger partial charge in [-0.2, -0.15) is 0 Å². The first kappa shape index (κ1) is 14.5. The quantitative estimate of drug-likeness (QED) is 0.892. The molecule has 0 saturated heterocycles. The number of ether oxygens (including phenoxy) is 1. The zero-order valence-electron chi connectivity index (χ0n) is 11.8. The predicted octanol–water partition coefficient (Wildman–Crippen LogP) is 4.02. The van der Waals surface area contributed by atoms with Crippen molar-refractivity contribution in [3.63, 3.8) is 0 Å². The summed E-state index contributed by atoms with van der Waals surface area (Å²) in [5.74, 6) is 0.531. The van der Waals surface area contributed by atoms with Crippen LogP contribution >= 0.6 is 0 Å². The largest absolute Gasteiger partial charge is 0.489 e. The second-order valence-corrected chi connectivity index (χ2v) is 5.14. The lowest BCUT2D eigenvalue weighted by atomic mass is 10.0. The van der Waals surface area contributed by atoms with Crippen molar-refractivity contribution in [1.82, 2.24) is 0 Å². The normalized spacial score (nSPS) is 10.8. The van der Waals surface area contributed by atoms with Gasteiger partial charge in [0, 0.05) is 6.07 Å². The smallest absolute Gasteiger partial charge is 0.127 e. The Bertz CT molecular complexity index is 562. The molecule has 0 atom stereocenters. The molecule has 0 aliphatic carbocycles. The Morgan fingerprint density at radius 2 is 1.75 bits per heavy atom. The summed E-state index contributed by atoms with van der Waals surface area (Å²) in [6.07, 6.45) is 0. The molecule has 0 amide bonds. The van der Waals surface area contributed by atoms with Gasteiger partial charge in [-0.1, -0.05) is 38.1 Å². The molecule has 1 N–H and O–H groups in total. The Hall–Kier alpha value is -1.87. The molecule has 20 heavy (non-hydrogen) atoms. The fraction of sp³-hybridized carbons (Fsp3) is 0.294. The van der Waals surface area contributed by atoms with Gasteiger partial charge in [-0.15, -0.1) is 0 Å². The minimum atomic E-state index is -0.401. The molecule has 0 aromatic heterocycles. The van der Waals surface area contributed by atoms with Crippen LogP contribution in [0.4, 0.5) is 4.39 Å². The maximum atomic E-state index is 13.3. The van der Waals surface area contributed by atoms with E-state index in [0.717, 1.165) is 5.56 Å². The molecule has 0 spiro atoms. The first-order valence-electron chi connectivity index (χ1n) is 6.70. The monoisotopic (exact) mass is 274 g/mol. The van der Waals surface area contributed by atoms with E-state index in [9.17, 15) is 4.39 Å². The van der Waals surface area contributed by atoms with Crippen molar-refractivity contribution >= 4 is 0 Å². The summed E-state index contributed by atoms with van der Waals surface area (Å²) in [5.41, 5.74) is 2.82. The third-order valence-corrected chi connectivity index (χ3v) is 3.17. The van der Waals surface area contributed by atoms with E-state index in [1.807, 2.05) is 12.1 Å². The van der Waals surface area contributed by atoms with Crippen LogP contribution in [0.15, 0.2) is 42.5 Å². The molecule has 2 aromatic carbocycles. The number of aliphatic hydroxyl groups is 1. The van der Waals surface area contributed by atoms with E-state index in [1.165, 1.54) is 17.7 Å².